The Labute approximate surface area is 83.7 Å². The summed E-state index contributed by atoms with van der Waals surface area (Å²) in [5, 5.41) is 21.5. The van der Waals surface area contributed by atoms with Crippen LogP contribution in [0.1, 0.15) is 13.3 Å². The van der Waals surface area contributed by atoms with E-state index in [0.717, 1.165) is 0 Å². The van der Waals surface area contributed by atoms with Crippen LogP contribution in [0.25, 0.3) is 0 Å². The van der Waals surface area contributed by atoms with Gasteiger partial charge in [0.2, 0.25) is 0 Å². The highest BCUT2D eigenvalue weighted by Crippen LogP contribution is 2.20. The largest absolute Gasteiger partial charge is 0.390 e. The summed E-state index contributed by atoms with van der Waals surface area (Å²) in [6.07, 6.45) is -2.38. The molecule has 0 aliphatic carbocycles. The summed E-state index contributed by atoms with van der Waals surface area (Å²) < 4.78 is 13.1. The van der Waals surface area contributed by atoms with E-state index in [1.165, 1.54) is 0 Å². The predicted octanol–water partition coefficient (Wildman–Crippen LogP) is 0.0975. The third-order valence-electron chi connectivity index (χ3n) is 2.42. The van der Waals surface area contributed by atoms with E-state index in [0.29, 0.717) is 19.5 Å². The summed E-state index contributed by atoms with van der Waals surface area (Å²) in [6.45, 7) is 2.54. The minimum absolute atomic E-state index is 0. The van der Waals surface area contributed by atoms with Crippen LogP contribution in [0.5, 0.6) is 0 Å². The van der Waals surface area contributed by atoms with E-state index < -0.39 is 24.3 Å². The van der Waals surface area contributed by atoms with Gasteiger partial charge in [-0.15, -0.1) is 12.4 Å². The van der Waals surface area contributed by atoms with Gasteiger partial charge in [0, 0.05) is 19.0 Å². The summed E-state index contributed by atoms with van der Waals surface area (Å²) in [6, 6.07) is 0. The zero-order chi connectivity index (χ0) is 9.14. The smallest absolute Gasteiger partial charge is 0.106 e. The fourth-order valence-corrected chi connectivity index (χ4v) is 1.57. The highest BCUT2D eigenvalue weighted by Gasteiger charge is 2.34. The monoisotopic (exact) mass is 213 g/mol. The SMILES string of the molecule is CCC(F)C1CNCC(O)C1O.Cl. The molecule has 0 aromatic carbocycles. The average Bonchev–Trinajstić information content (AvgIpc) is 2.08. The van der Waals surface area contributed by atoms with Crippen molar-refractivity contribution < 1.29 is 14.6 Å². The number of alkyl halides is 1. The average molecular weight is 214 g/mol. The molecule has 0 spiro atoms. The van der Waals surface area contributed by atoms with Gasteiger partial charge in [0.15, 0.2) is 0 Å². The molecule has 3 N–H and O–H groups in total. The van der Waals surface area contributed by atoms with Crippen LogP contribution in [-0.2, 0) is 0 Å². The molecule has 0 bridgehead atoms. The Hall–Kier alpha value is 0.1000. The maximum atomic E-state index is 13.1. The normalized spacial score (nSPS) is 36.5. The molecule has 1 saturated heterocycles. The van der Waals surface area contributed by atoms with Gasteiger partial charge in [-0.1, -0.05) is 6.92 Å². The Bertz CT molecular complexity index is 150. The highest BCUT2D eigenvalue weighted by molar-refractivity contribution is 5.85. The Balaban J connectivity index is 0.00000144. The Morgan fingerprint density at radius 3 is 2.62 bits per heavy atom. The van der Waals surface area contributed by atoms with Gasteiger partial charge in [0.25, 0.3) is 0 Å². The molecule has 13 heavy (non-hydrogen) atoms. The molecule has 1 aliphatic heterocycles. The van der Waals surface area contributed by atoms with E-state index in [9.17, 15) is 14.6 Å². The van der Waals surface area contributed by atoms with Crippen LogP contribution in [0.4, 0.5) is 4.39 Å². The molecule has 80 valence electrons. The second kappa shape index (κ2) is 5.75. The molecule has 1 heterocycles. The molecular weight excluding hydrogens is 197 g/mol. The maximum absolute atomic E-state index is 13.1. The van der Waals surface area contributed by atoms with Crippen LogP contribution < -0.4 is 5.32 Å². The van der Waals surface area contributed by atoms with Gasteiger partial charge in [-0.3, -0.25) is 0 Å². The topological polar surface area (TPSA) is 52.5 Å². The van der Waals surface area contributed by atoms with E-state index in [-0.39, 0.29) is 12.4 Å². The molecule has 0 saturated carbocycles. The molecule has 0 amide bonds. The Morgan fingerprint density at radius 2 is 2.08 bits per heavy atom. The number of piperidine rings is 1. The summed E-state index contributed by atoms with van der Waals surface area (Å²) >= 11 is 0. The van der Waals surface area contributed by atoms with Crippen molar-refractivity contribution in [3.8, 4) is 0 Å². The number of hydrogen-bond acceptors (Lipinski definition) is 3. The zero-order valence-electron chi connectivity index (χ0n) is 7.61. The summed E-state index contributed by atoms with van der Waals surface area (Å²) in [5.74, 6) is -0.459. The number of nitrogens with one attached hydrogen (secondary N) is 1. The van der Waals surface area contributed by atoms with Crippen molar-refractivity contribution in [2.75, 3.05) is 13.1 Å². The first-order valence-electron chi connectivity index (χ1n) is 4.37. The second-order valence-electron chi connectivity index (χ2n) is 3.30. The number of aliphatic hydroxyl groups is 2. The predicted molar refractivity (Wildman–Crippen MR) is 50.8 cm³/mol. The molecule has 1 aliphatic rings. The maximum Gasteiger partial charge on any atom is 0.106 e. The van der Waals surface area contributed by atoms with Crippen LogP contribution in [0.15, 0.2) is 0 Å². The van der Waals surface area contributed by atoms with Gasteiger partial charge in [-0.2, -0.15) is 0 Å². The van der Waals surface area contributed by atoms with E-state index in [1.54, 1.807) is 6.92 Å². The molecule has 5 heteroatoms. The Kier molecular flexibility index (Phi) is 5.80. The van der Waals surface area contributed by atoms with E-state index in [4.69, 9.17) is 0 Å². The van der Waals surface area contributed by atoms with E-state index >= 15 is 0 Å². The summed E-state index contributed by atoms with van der Waals surface area (Å²) in [4.78, 5) is 0. The van der Waals surface area contributed by atoms with Gasteiger partial charge in [-0.25, -0.2) is 4.39 Å². The lowest BCUT2D eigenvalue weighted by Gasteiger charge is -2.34. The van der Waals surface area contributed by atoms with Gasteiger partial charge in [-0.05, 0) is 6.42 Å². The molecule has 4 atom stereocenters. The van der Waals surface area contributed by atoms with Gasteiger partial charge in [0.1, 0.15) is 6.17 Å². The molecule has 0 aromatic heterocycles. The number of rotatable bonds is 2. The third kappa shape index (κ3) is 3.06. The van der Waals surface area contributed by atoms with Crippen molar-refractivity contribution in [1.82, 2.24) is 5.32 Å². The number of hydrogen-bond donors (Lipinski definition) is 3. The fourth-order valence-electron chi connectivity index (χ4n) is 1.57. The van der Waals surface area contributed by atoms with Crippen molar-refractivity contribution in [2.45, 2.75) is 31.7 Å². The van der Waals surface area contributed by atoms with Crippen LogP contribution in [0.3, 0.4) is 0 Å². The van der Waals surface area contributed by atoms with E-state index in [1.807, 2.05) is 0 Å². The summed E-state index contributed by atoms with van der Waals surface area (Å²) in [5.41, 5.74) is 0. The lowest BCUT2D eigenvalue weighted by atomic mass is 9.89. The second-order valence-corrected chi connectivity index (χ2v) is 3.30. The van der Waals surface area contributed by atoms with Crippen molar-refractivity contribution in [3.05, 3.63) is 0 Å². The lowest BCUT2D eigenvalue weighted by molar-refractivity contribution is -0.0576. The first kappa shape index (κ1) is 13.1. The molecule has 1 rings (SSSR count). The molecule has 0 aromatic rings. The van der Waals surface area contributed by atoms with Crippen molar-refractivity contribution in [3.63, 3.8) is 0 Å². The van der Waals surface area contributed by atoms with Crippen molar-refractivity contribution in [1.29, 1.82) is 0 Å². The van der Waals surface area contributed by atoms with Gasteiger partial charge in [0.05, 0.1) is 12.2 Å². The fraction of sp³-hybridized carbons (Fsp3) is 1.00. The molecule has 4 unspecified atom stereocenters. The van der Waals surface area contributed by atoms with Gasteiger partial charge >= 0.3 is 0 Å². The number of halogens is 2. The van der Waals surface area contributed by atoms with Crippen molar-refractivity contribution >= 4 is 12.4 Å². The molecule has 1 fully saturated rings. The first-order valence-corrected chi connectivity index (χ1v) is 4.37. The van der Waals surface area contributed by atoms with E-state index in [2.05, 4.69) is 5.32 Å². The number of β-amino-alcohol motifs (C(OH)–C–C–N with tert-alkyl or cyclic N) is 1. The third-order valence-corrected chi connectivity index (χ3v) is 2.42. The molecule has 0 radical (unpaired) electrons. The standard InChI is InChI=1S/C8H16FNO2.ClH/c1-2-6(9)5-3-10-4-7(11)8(5)12;/h5-8,10-12H,2-4H2,1H3;1H. The van der Waals surface area contributed by atoms with Crippen molar-refractivity contribution in [2.24, 2.45) is 5.92 Å². The zero-order valence-corrected chi connectivity index (χ0v) is 8.43. The molecule has 3 nitrogen and oxygen atoms in total. The van der Waals surface area contributed by atoms with Crippen LogP contribution in [0.2, 0.25) is 0 Å². The highest BCUT2D eigenvalue weighted by atomic mass is 35.5. The minimum atomic E-state index is -1.03. The summed E-state index contributed by atoms with van der Waals surface area (Å²) in [7, 11) is 0. The van der Waals surface area contributed by atoms with Crippen LogP contribution >= 0.6 is 12.4 Å². The molecular formula is C8H17ClFNO2. The minimum Gasteiger partial charge on any atom is -0.390 e. The van der Waals surface area contributed by atoms with Crippen LogP contribution in [-0.4, -0.2) is 41.7 Å². The van der Waals surface area contributed by atoms with Gasteiger partial charge < -0.3 is 15.5 Å². The number of aliphatic hydroxyl groups excluding tert-OH is 2. The Morgan fingerprint density at radius 1 is 1.46 bits per heavy atom. The lowest BCUT2D eigenvalue weighted by Crippen LogP contribution is -2.53. The van der Waals surface area contributed by atoms with Crippen LogP contribution in [0, 0.1) is 5.92 Å². The quantitative estimate of drug-likeness (QED) is 0.610. The first-order chi connectivity index (χ1) is 5.66.